The molecule has 0 unspecified atom stereocenters. The van der Waals surface area contributed by atoms with Gasteiger partial charge in [0, 0.05) is 17.2 Å². The predicted molar refractivity (Wildman–Crippen MR) is 73.8 cm³/mol. The number of benzene rings is 2. The minimum Gasteiger partial charge on any atom is -0.489 e. The molecule has 2 aromatic carbocycles. The van der Waals surface area contributed by atoms with E-state index in [1.807, 2.05) is 0 Å². The summed E-state index contributed by atoms with van der Waals surface area (Å²) in [6.45, 7) is -0.0748. The maximum atomic E-state index is 13.2. The molecule has 0 saturated carbocycles. The van der Waals surface area contributed by atoms with Crippen LogP contribution in [0.15, 0.2) is 36.4 Å². The lowest BCUT2D eigenvalue weighted by atomic mass is 10.2. The Bertz CT molecular complexity index is 664. The lowest BCUT2D eigenvalue weighted by Crippen LogP contribution is -2.00. The number of nitrogens with zero attached hydrogens (tertiary/aromatic N) is 1. The highest BCUT2D eigenvalue weighted by Gasteiger charge is 2.15. The molecule has 0 amide bonds. The monoisotopic (exact) mass is 315 g/mol. The fourth-order valence-corrected chi connectivity index (χ4v) is 1.84. The van der Waals surface area contributed by atoms with Crippen molar-refractivity contribution in [2.45, 2.75) is 6.61 Å². The van der Waals surface area contributed by atoms with Crippen LogP contribution >= 0.6 is 23.2 Å². The van der Waals surface area contributed by atoms with Gasteiger partial charge in [-0.25, -0.2) is 4.39 Å². The molecule has 0 aliphatic heterocycles. The summed E-state index contributed by atoms with van der Waals surface area (Å²) in [5.74, 6) is -0.383. The van der Waals surface area contributed by atoms with Crippen molar-refractivity contribution >= 4 is 28.9 Å². The Hall–Kier alpha value is -1.85. The van der Waals surface area contributed by atoms with Gasteiger partial charge in [-0.1, -0.05) is 23.2 Å². The van der Waals surface area contributed by atoms with Gasteiger partial charge in [0.2, 0.25) is 0 Å². The highest BCUT2D eigenvalue weighted by atomic mass is 35.5. The van der Waals surface area contributed by atoms with Crippen LogP contribution in [0.3, 0.4) is 0 Å². The van der Waals surface area contributed by atoms with Gasteiger partial charge in [0.25, 0.3) is 5.69 Å². The van der Waals surface area contributed by atoms with Gasteiger partial charge in [-0.05, 0) is 24.3 Å². The molecule has 0 heterocycles. The van der Waals surface area contributed by atoms with Crippen molar-refractivity contribution in [3.05, 3.63) is 67.9 Å². The molecule has 0 N–H and O–H groups in total. The molecule has 0 aliphatic carbocycles. The van der Waals surface area contributed by atoms with Gasteiger partial charge in [0.1, 0.15) is 18.2 Å². The van der Waals surface area contributed by atoms with E-state index >= 15 is 0 Å². The van der Waals surface area contributed by atoms with Crippen molar-refractivity contribution in [1.82, 2.24) is 0 Å². The van der Waals surface area contributed by atoms with Gasteiger partial charge in [0.05, 0.1) is 15.5 Å². The topological polar surface area (TPSA) is 52.4 Å². The van der Waals surface area contributed by atoms with Gasteiger partial charge < -0.3 is 4.74 Å². The van der Waals surface area contributed by atoms with Crippen molar-refractivity contribution in [3.63, 3.8) is 0 Å². The van der Waals surface area contributed by atoms with Gasteiger partial charge in [-0.3, -0.25) is 10.1 Å². The van der Waals surface area contributed by atoms with E-state index in [9.17, 15) is 14.5 Å². The minimum atomic E-state index is -0.616. The Balaban J connectivity index is 2.18. The lowest BCUT2D eigenvalue weighted by molar-refractivity contribution is -0.385. The summed E-state index contributed by atoms with van der Waals surface area (Å²) >= 11 is 11.3. The smallest absolute Gasteiger partial charge is 0.277 e. The van der Waals surface area contributed by atoms with Crippen LogP contribution in [0, 0.1) is 15.9 Å². The molecule has 0 aliphatic rings. The molecular formula is C13H8Cl2FNO3. The molecule has 0 spiro atoms. The number of hydrogen-bond acceptors (Lipinski definition) is 3. The zero-order chi connectivity index (χ0) is 14.7. The minimum absolute atomic E-state index is 0.0187. The molecule has 20 heavy (non-hydrogen) atoms. The van der Waals surface area contributed by atoms with E-state index in [1.54, 1.807) is 0 Å². The molecule has 7 heteroatoms. The van der Waals surface area contributed by atoms with Crippen LogP contribution in [0.5, 0.6) is 5.75 Å². The number of nitro benzene ring substituents is 1. The lowest BCUT2D eigenvalue weighted by Gasteiger charge is -2.07. The second-order valence-corrected chi connectivity index (χ2v) is 4.74. The highest BCUT2D eigenvalue weighted by Crippen LogP contribution is 2.26. The quantitative estimate of drug-likeness (QED) is 0.611. The fourth-order valence-electron chi connectivity index (χ4n) is 1.56. The first kappa shape index (κ1) is 14.6. The summed E-state index contributed by atoms with van der Waals surface area (Å²) in [5.41, 5.74) is 0.196. The van der Waals surface area contributed by atoms with Gasteiger partial charge >= 0.3 is 0 Å². The summed E-state index contributed by atoms with van der Waals surface area (Å²) in [7, 11) is 0. The summed E-state index contributed by atoms with van der Waals surface area (Å²) in [5, 5.41) is 11.1. The van der Waals surface area contributed by atoms with Crippen LogP contribution in [0.25, 0.3) is 0 Å². The third-order valence-corrected chi connectivity index (χ3v) is 3.07. The van der Waals surface area contributed by atoms with Crippen LogP contribution in [-0.2, 0) is 6.61 Å². The second-order valence-electron chi connectivity index (χ2n) is 3.89. The first-order valence-electron chi connectivity index (χ1n) is 5.48. The Morgan fingerprint density at radius 3 is 2.60 bits per heavy atom. The number of nitro groups is 1. The molecule has 0 saturated heterocycles. The van der Waals surface area contributed by atoms with E-state index in [0.29, 0.717) is 5.56 Å². The van der Waals surface area contributed by atoms with E-state index in [1.165, 1.54) is 30.3 Å². The van der Waals surface area contributed by atoms with Crippen LogP contribution < -0.4 is 4.74 Å². The third-order valence-electron chi connectivity index (χ3n) is 2.53. The van der Waals surface area contributed by atoms with Gasteiger partial charge in [-0.15, -0.1) is 0 Å². The zero-order valence-electron chi connectivity index (χ0n) is 9.98. The fraction of sp³-hybridized carbons (Fsp3) is 0.0769. The Morgan fingerprint density at radius 2 is 1.95 bits per heavy atom. The normalized spacial score (nSPS) is 10.3. The molecule has 104 valence electrons. The van der Waals surface area contributed by atoms with Crippen molar-refractivity contribution in [3.8, 4) is 5.75 Å². The van der Waals surface area contributed by atoms with Gasteiger partial charge in [0.15, 0.2) is 0 Å². The van der Waals surface area contributed by atoms with E-state index in [4.69, 9.17) is 27.9 Å². The van der Waals surface area contributed by atoms with Crippen LogP contribution in [0.1, 0.15) is 5.56 Å². The van der Waals surface area contributed by atoms with Gasteiger partial charge in [-0.2, -0.15) is 0 Å². The van der Waals surface area contributed by atoms with E-state index in [-0.39, 0.29) is 28.1 Å². The largest absolute Gasteiger partial charge is 0.489 e. The van der Waals surface area contributed by atoms with Crippen LogP contribution in [0.2, 0.25) is 10.0 Å². The maximum Gasteiger partial charge on any atom is 0.277 e. The average Bonchev–Trinajstić information content (AvgIpc) is 2.41. The highest BCUT2D eigenvalue weighted by molar-refractivity contribution is 6.31. The standard InChI is InChI=1S/C13H8Cl2FNO3/c14-9-2-1-8(13(5-9)17(18)19)7-20-10-3-4-11(15)12(16)6-10/h1-6H,7H2. The molecular weight excluding hydrogens is 308 g/mol. The number of halogens is 3. The van der Waals surface area contributed by atoms with E-state index in [0.717, 1.165) is 6.07 Å². The number of ether oxygens (including phenoxy) is 1. The second kappa shape index (κ2) is 6.07. The average molecular weight is 316 g/mol. The number of hydrogen-bond donors (Lipinski definition) is 0. The van der Waals surface area contributed by atoms with Crippen LogP contribution in [-0.4, -0.2) is 4.92 Å². The first-order chi connectivity index (χ1) is 9.47. The summed E-state index contributed by atoms with van der Waals surface area (Å²) in [4.78, 5) is 10.3. The zero-order valence-corrected chi connectivity index (χ0v) is 11.5. The molecule has 0 radical (unpaired) electrons. The SMILES string of the molecule is O=[N+]([O-])c1cc(Cl)ccc1COc1ccc(Cl)c(F)c1. The molecule has 0 fully saturated rings. The van der Waals surface area contributed by atoms with Crippen molar-refractivity contribution < 1.29 is 14.1 Å². The van der Waals surface area contributed by atoms with E-state index < -0.39 is 10.7 Å². The Labute approximate surface area is 123 Å². The van der Waals surface area contributed by atoms with Crippen molar-refractivity contribution in [2.24, 2.45) is 0 Å². The Morgan fingerprint density at radius 1 is 1.20 bits per heavy atom. The molecule has 0 atom stereocenters. The van der Waals surface area contributed by atoms with Crippen molar-refractivity contribution in [2.75, 3.05) is 0 Å². The molecule has 2 aromatic rings. The number of rotatable bonds is 4. The third kappa shape index (κ3) is 3.37. The van der Waals surface area contributed by atoms with Crippen molar-refractivity contribution in [1.29, 1.82) is 0 Å². The van der Waals surface area contributed by atoms with Crippen LogP contribution in [0.4, 0.5) is 10.1 Å². The maximum absolute atomic E-state index is 13.2. The predicted octanol–water partition coefficient (Wildman–Crippen LogP) is 4.62. The molecule has 2 rings (SSSR count). The molecule has 4 nitrogen and oxygen atoms in total. The summed E-state index contributed by atoms with van der Waals surface area (Å²) < 4.78 is 18.5. The summed E-state index contributed by atoms with van der Waals surface area (Å²) in [6.07, 6.45) is 0. The molecule has 0 aromatic heterocycles. The Kier molecular flexibility index (Phi) is 4.42. The summed E-state index contributed by atoms with van der Waals surface area (Å²) in [6, 6.07) is 8.20. The van der Waals surface area contributed by atoms with E-state index in [2.05, 4.69) is 0 Å². The molecule has 0 bridgehead atoms. The first-order valence-corrected chi connectivity index (χ1v) is 6.23.